The van der Waals surface area contributed by atoms with Crippen molar-refractivity contribution in [3.63, 3.8) is 0 Å². The van der Waals surface area contributed by atoms with Gasteiger partial charge in [0.05, 0.1) is 6.61 Å². The van der Waals surface area contributed by atoms with Gasteiger partial charge in [-0.1, -0.05) is 11.6 Å². The topological polar surface area (TPSA) is 43.6 Å². The lowest BCUT2D eigenvalue weighted by Gasteiger charge is -1.97. The molecule has 0 saturated carbocycles. The summed E-state index contributed by atoms with van der Waals surface area (Å²) >= 11 is 8.21. The number of pyridine rings is 1. The van der Waals surface area contributed by atoms with Crippen LogP contribution in [0.5, 0.6) is 0 Å². The van der Waals surface area contributed by atoms with Gasteiger partial charge in [0.15, 0.2) is 5.69 Å². The fourth-order valence-electron chi connectivity index (χ4n) is 1.32. The van der Waals surface area contributed by atoms with Crippen LogP contribution in [0.25, 0.3) is 5.65 Å². The first kappa shape index (κ1) is 11.7. The standard InChI is InChI=1S/C10H8ClIN2O2/c1-2-16-10(15)8-9(11)14-4-3-6(12)5-7(14)13-8/h3-5H,2H2,1H3. The Balaban J connectivity index is 2.55. The van der Waals surface area contributed by atoms with Crippen LogP contribution in [0.4, 0.5) is 0 Å². The smallest absolute Gasteiger partial charge is 0.360 e. The number of hydrogen-bond donors (Lipinski definition) is 0. The molecule has 2 aromatic heterocycles. The molecule has 0 unspecified atom stereocenters. The number of hydrogen-bond acceptors (Lipinski definition) is 3. The molecule has 0 N–H and O–H groups in total. The highest BCUT2D eigenvalue weighted by Gasteiger charge is 2.18. The predicted octanol–water partition coefficient (Wildman–Crippen LogP) is 2.77. The van der Waals surface area contributed by atoms with E-state index in [4.69, 9.17) is 16.3 Å². The maximum atomic E-state index is 11.5. The molecule has 0 aliphatic rings. The summed E-state index contributed by atoms with van der Waals surface area (Å²) in [5, 5.41) is 0.282. The second-order valence-electron chi connectivity index (χ2n) is 3.04. The van der Waals surface area contributed by atoms with Crippen molar-refractivity contribution in [1.82, 2.24) is 9.38 Å². The predicted molar refractivity (Wildman–Crippen MR) is 68.9 cm³/mol. The lowest BCUT2D eigenvalue weighted by molar-refractivity contribution is 0.0520. The van der Waals surface area contributed by atoms with Crippen LogP contribution in [-0.2, 0) is 4.74 Å². The molecule has 2 rings (SSSR count). The largest absolute Gasteiger partial charge is 0.461 e. The number of ether oxygens (including phenoxy) is 1. The van der Waals surface area contributed by atoms with Crippen molar-refractivity contribution in [2.24, 2.45) is 0 Å². The highest BCUT2D eigenvalue weighted by Crippen LogP contribution is 2.20. The van der Waals surface area contributed by atoms with Gasteiger partial charge in [-0.15, -0.1) is 0 Å². The first-order chi connectivity index (χ1) is 7.63. The number of rotatable bonds is 2. The Morgan fingerprint density at radius 2 is 2.44 bits per heavy atom. The zero-order chi connectivity index (χ0) is 11.7. The van der Waals surface area contributed by atoms with Crippen LogP contribution in [0.2, 0.25) is 5.15 Å². The van der Waals surface area contributed by atoms with Gasteiger partial charge in [0, 0.05) is 9.77 Å². The fraction of sp³-hybridized carbons (Fsp3) is 0.200. The molecule has 2 aromatic rings. The quantitative estimate of drug-likeness (QED) is 0.618. The molecule has 0 bridgehead atoms. The number of halogens is 2. The van der Waals surface area contributed by atoms with E-state index in [-0.39, 0.29) is 10.8 Å². The monoisotopic (exact) mass is 350 g/mol. The highest BCUT2D eigenvalue weighted by atomic mass is 127. The zero-order valence-corrected chi connectivity index (χ0v) is 11.3. The summed E-state index contributed by atoms with van der Waals surface area (Å²) in [5.74, 6) is -0.494. The second-order valence-corrected chi connectivity index (χ2v) is 4.65. The van der Waals surface area contributed by atoms with Crippen molar-refractivity contribution < 1.29 is 9.53 Å². The van der Waals surface area contributed by atoms with Gasteiger partial charge in [0.25, 0.3) is 0 Å². The minimum atomic E-state index is -0.494. The Hall–Kier alpha value is -0.820. The Morgan fingerprint density at radius 1 is 1.69 bits per heavy atom. The van der Waals surface area contributed by atoms with Crippen molar-refractivity contribution >= 4 is 45.8 Å². The van der Waals surface area contributed by atoms with Gasteiger partial charge in [-0.05, 0) is 41.6 Å². The van der Waals surface area contributed by atoms with Crippen molar-refractivity contribution in [1.29, 1.82) is 0 Å². The molecule has 4 nitrogen and oxygen atoms in total. The number of carbonyl (C=O) groups excluding carboxylic acids is 1. The summed E-state index contributed by atoms with van der Waals surface area (Å²) in [6.45, 7) is 2.05. The molecule has 2 heterocycles. The SMILES string of the molecule is CCOC(=O)c1nc2cc(I)ccn2c1Cl. The Labute approximate surface area is 111 Å². The van der Waals surface area contributed by atoms with Crippen LogP contribution in [0.3, 0.4) is 0 Å². The summed E-state index contributed by atoms with van der Waals surface area (Å²) in [7, 11) is 0. The Morgan fingerprint density at radius 3 is 3.12 bits per heavy atom. The zero-order valence-electron chi connectivity index (χ0n) is 8.41. The van der Waals surface area contributed by atoms with Crippen LogP contribution in [0.15, 0.2) is 18.3 Å². The third kappa shape index (κ3) is 2.01. The van der Waals surface area contributed by atoms with Crippen LogP contribution < -0.4 is 0 Å². The highest BCUT2D eigenvalue weighted by molar-refractivity contribution is 14.1. The van der Waals surface area contributed by atoms with Crippen molar-refractivity contribution in [3.05, 3.63) is 32.7 Å². The molecule has 0 spiro atoms. The average molecular weight is 351 g/mol. The maximum absolute atomic E-state index is 11.5. The molecule has 0 saturated heterocycles. The summed E-state index contributed by atoms with van der Waals surface area (Å²) in [4.78, 5) is 15.7. The van der Waals surface area contributed by atoms with Crippen LogP contribution >= 0.6 is 34.2 Å². The van der Waals surface area contributed by atoms with Crippen LogP contribution in [-0.4, -0.2) is 22.0 Å². The van der Waals surface area contributed by atoms with E-state index in [9.17, 15) is 4.79 Å². The maximum Gasteiger partial charge on any atom is 0.360 e. The summed E-state index contributed by atoms with van der Waals surface area (Å²) in [6.07, 6.45) is 1.77. The summed E-state index contributed by atoms with van der Waals surface area (Å²) in [5.41, 5.74) is 0.797. The van der Waals surface area contributed by atoms with E-state index in [1.54, 1.807) is 17.5 Å². The van der Waals surface area contributed by atoms with Crippen LogP contribution in [0.1, 0.15) is 17.4 Å². The van der Waals surface area contributed by atoms with Gasteiger partial charge >= 0.3 is 5.97 Å². The number of nitrogens with zero attached hydrogens (tertiary/aromatic N) is 2. The molecule has 16 heavy (non-hydrogen) atoms. The minimum absolute atomic E-state index is 0.158. The second kappa shape index (κ2) is 4.58. The van der Waals surface area contributed by atoms with Gasteiger partial charge in [-0.3, -0.25) is 4.40 Å². The Bertz CT molecular complexity index is 553. The molecular formula is C10H8ClIN2O2. The van der Waals surface area contributed by atoms with Gasteiger partial charge in [-0.25, -0.2) is 9.78 Å². The molecule has 0 fully saturated rings. The summed E-state index contributed by atoms with van der Waals surface area (Å²) in [6, 6.07) is 3.73. The van der Waals surface area contributed by atoms with Crippen molar-refractivity contribution in [2.75, 3.05) is 6.61 Å². The molecule has 0 aliphatic heterocycles. The van der Waals surface area contributed by atoms with E-state index < -0.39 is 5.97 Å². The molecule has 0 aliphatic carbocycles. The molecule has 0 atom stereocenters. The van der Waals surface area contributed by atoms with E-state index in [0.717, 1.165) is 3.57 Å². The molecular weight excluding hydrogens is 342 g/mol. The van der Waals surface area contributed by atoms with E-state index in [0.29, 0.717) is 12.3 Å². The van der Waals surface area contributed by atoms with Crippen molar-refractivity contribution in [3.8, 4) is 0 Å². The van der Waals surface area contributed by atoms with Crippen LogP contribution in [0, 0.1) is 3.57 Å². The number of esters is 1. The molecule has 84 valence electrons. The summed E-state index contributed by atoms with van der Waals surface area (Å²) < 4.78 is 7.55. The molecule has 0 radical (unpaired) electrons. The van der Waals surface area contributed by atoms with Gasteiger partial charge in [0.1, 0.15) is 10.8 Å². The number of carbonyl (C=O) groups is 1. The number of fused-ring (bicyclic) bond motifs is 1. The van der Waals surface area contributed by atoms with E-state index >= 15 is 0 Å². The molecule has 0 aromatic carbocycles. The normalized spacial score (nSPS) is 10.7. The number of imidazole rings is 1. The van der Waals surface area contributed by atoms with Gasteiger partial charge < -0.3 is 4.74 Å². The van der Waals surface area contributed by atoms with E-state index in [1.165, 1.54) is 0 Å². The van der Waals surface area contributed by atoms with E-state index in [1.807, 2.05) is 12.1 Å². The lowest BCUT2D eigenvalue weighted by Crippen LogP contribution is -2.05. The van der Waals surface area contributed by atoms with E-state index in [2.05, 4.69) is 27.6 Å². The lowest BCUT2D eigenvalue weighted by atomic mass is 10.5. The average Bonchev–Trinajstić information content (AvgIpc) is 2.56. The third-order valence-corrected chi connectivity index (χ3v) is 3.03. The first-order valence-corrected chi connectivity index (χ1v) is 6.09. The minimum Gasteiger partial charge on any atom is -0.461 e. The fourth-order valence-corrected chi connectivity index (χ4v) is 2.02. The third-order valence-electron chi connectivity index (χ3n) is 2.00. The molecule has 0 amide bonds. The van der Waals surface area contributed by atoms with Crippen molar-refractivity contribution in [2.45, 2.75) is 6.92 Å². The Kier molecular flexibility index (Phi) is 3.34. The first-order valence-electron chi connectivity index (χ1n) is 4.63. The van der Waals surface area contributed by atoms with Gasteiger partial charge in [0.2, 0.25) is 0 Å². The van der Waals surface area contributed by atoms with Gasteiger partial charge in [-0.2, -0.15) is 0 Å². The number of aromatic nitrogens is 2. The molecule has 6 heteroatoms.